The van der Waals surface area contributed by atoms with Crippen LogP contribution in [0.2, 0.25) is 10.0 Å². The third-order valence-corrected chi connectivity index (χ3v) is 6.29. The molecule has 0 aromatic heterocycles. The van der Waals surface area contributed by atoms with Gasteiger partial charge in [-0.15, -0.1) is 0 Å². The first-order valence-corrected chi connectivity index (χ1v) is 10.7. The molecule has 1 fully saturated rings. The molecule has 1 N–H and O–H groups in total. The summed E-state index contributed by atoms with van der Waals surface area (Å²) >= 11 is 11.9. The normalized spacial score (nSPS) is 14.6. The Morgan fingerprint density at radius 2 is 1.57 bits per heavy atom. The molecule has 0 heterocycles. The van der Waals surface area contributed by atoms with Crippen LogP contribution in [0.3, 0.4) is 0 Å². The number of halogens is 2. The highest BCUT2D eigenvalue weighted by atomic mass is 35.5. The number of benzene rings is 3. The molecule has 1 aliphatic rings. The van der Waals surface area contributed by atoms with Gasteiger partial charge in [-0.3, -0.25) is 9.59 Å². The molecular weight excluding hydrogens is 417 g/mol. The van der Waals surface area contributed by atoms with E-state index in [0.717, 1.165) is 30.4 Å². The summed E-state index contributed by atoms with van der Waals surface area (Å²) in [6, 6.07) is 21.9. The molecule has 0 spiro atoms. The van der Waals surface area contributed by atoms with Crippen LogP contribution in [0.5, 0.6) is 0 Å². The molecular formula is C25H21Cl2NO2. The Morgan fingerprint density at radius 3 is 2.17 bits per heavy atom. The van der Waals surface area contributed by atoms with Crippen molar-refractivity contribution in [2.24, 2.45) is 0 Å². The van der Waals surface area contributed by atoms with Crippen LogP contribution in [-0.4, -0.2) is 11.7 Å². The van der Waals surface area contributed by atoms with Crippen LogP contribution in [0, 0.1) is 0 Å². The lowest BCUT2D eigenvalue weighted by atomic mass is 9.61. The molecule has 1 amide bonds. The lowest BCUT2D eigenvalue weighted by Gasteiger charge is -2.41. The maximum atomic E-state index is 13.2. The number of hydrogen-bond donors (Lipinski definition) is 1. The van der Waals surface area contributed by atoms with Gasteiger partial charge in [0.05, 0.1) is 5.41 Å². The fourth-order valence-corrected chi connectivity index (χ4v) is 4.24. The maximum Gasteiger partial charge on any atom is 0.255 e. The van der Waals surface area contributed by atoms with Crippen molar-refractivity contribution in [3.05, 3.63) is 99.5 Å². The van der Waals surface area contributed by atoms with E-state index in [2.05, 4.69) is 5.32 Å². The molecule has 4 rings (SSSR count). The Kier molecular flexibility index (Phi) is 5.94. The number of carbonyl (C=O) groups is 2. The number of amides is 1. The minimum absolute atomic E-state index is 0.220. The lowest BCUT2D eigenvalue weighted by Crippen LogP contribution is -2.43. The van der Waals surface area contributed by atoms with Gasteiger partial charge in [-0.05, 0) is 66.4 Å². The van der Waals surface area contributed by atoms with Gasteiger partial charge in [0, 0.05) is 27.7 Å². The van der Waals surface area contributed by atoms with E-state index < -0.39 is 5.41 Å². The molecule has 3 nitrogen and oxygen atoms in total. The summed E-state index contributed by atoms with van der Waals surface area (Å²) in [6.07, 6.45) is 3.14. The van der Waals surface area contributed by atoms with Gasteiger partial charge >= 0.3 is 0 Å². The standard InChI is InChI=1S/C25H21Cl2NO2/c26-20-9-5-17(6-10-20)15-23(29)25(13-2-14-25)19-7-11-22(12-8-19)28-24(30)18-3-1-4-21(27)16-18/h1,3-12,16H,2,13-15H2,(H,28,30). The third kappa shape index (κ3) is 4.28. The summed E-state index contributed by atoms with van der Waals surface area (Å²) in [5, 5.41) is 4.06. The second kappa shape index (κ2) is 8.63. The molecule has 0 aliphatic heterocycles. The Morgan fingerprint density at radius 1 is 0.867 bits per heavy atom. The molecule has 0 atom stereocenters. The second-order valence-electron chi connectivity index (χ2n) is 7.70. The summed E-state index contributed by atoms with van der Waals surface area (Å²) in [5.41, 5.74) is 2.73. The van der Waals surface area contributed by atoms with Crippen LogP contribution in [0.25, 0.3) is 0 Å². The second-order valence-corrected chi connectivity index (χ2v) is 8.58. The molecule has 0 bridgehead atoms. The van der Waals surface area contributed by atoms with Gasteiger partial charge in [0.25, 0.3) is 5.91 Å². The SMILES string of the molecule is O=C(Nc1ccc(C2(C(=O)Cc3ccc(Cl)cc3)CCC2)cc1)c1cccc(Cl)c1. The lowest BCUT2D eigenvalue weighted by molar-refractivity contribution is -0.127. The first-order valence-electron chi connectivity index (χ1n) is 9.91. The van der Waals surface area contributed by atoms with E-state index in [0.29, 0.717) is 27.7 Å². The zero-order chi connectivity index (χ0) is 21.1. The van der Waals surface area contributed by atoms with Crippen molar-refractivity contribution < 1.29 is 9.59 Å². The van der Waals surface area contributed by atoms with Gasteiger partial charge in [0.15, 0.2) is 0 Å². The third-order valence-electron chi connectivity index (χ3n) is 5.80. The Bertz CT molecular complexity index is 1070. The van der Waals surface area contributed by atoms with Crippen molar-refractivity contribution in [1.29, 1.82) is 0 Å². The first kappa shape index (κ1) is 20.6. The van der Waals surface area contributed by atoms with E-state index in [1.807, 2.05) is 48.5 Å². The molecule has 0 radical (unpaired) electrons. The van der Waals surface area contributed by atoms with Crippen molar-refractivity contribution >= 4 is 40.6 Å². The fraction of sp³-hybridized carbons (Fsp3) is 0.200. The quantitative estimate of drug-likeness (QED) is 0.479. The average Bonchev–Trinajstić information content (AvgIpc) is 2.70. The Balaban J connectivity index is 1.48. The van der Waals surface area contributed by atoms with Crippen molar-refractivity contribution in [2.45, 2.75) is 31.1 Å². The summed E-state index contributed by atoms with van der Waals surface area (Å²) in [7, 11) is 0. The monoisotopic (exact) mass is 437 g/mol. The molecule has 5 heteroatoms. The van der Waals surface area contributed by atoms with E-state index in [1.165, 1.54) is 0 Å². The summed E-state index contributed by atoms with van der Waals surface area (Å²) in [6.45, 7) is 0. The molecule has 3 aromatic rings. The largest absolute Gasteiger partial charge is 0.322 e. The van der Waals surface area contributed by atoms with Gasteiger partial charge < -0.3 is 5.32 Å². The molecule has 152 valence electrons. The molecule has 0 saturated heterocycles. The summed E-state index contributed by atoms with van der Waals surface area (Å²) < 4.78 is 0. The van der Waals surface area contributed by atoms with E-state index in [-0.39, 0.29) is 11.7 Å². The highest BCUT2D eigenvalue weighted by Crippen LogP contribution is 2.45. The predicted molar refractivity (Wildman–Crippen MR) is 122 cm³/mol. The molecule has 30 heavy (non-hydrogen) atoms. The van der Waals surface area contributed by atoms with E-state index in [9.17, 15) is 9.59 Å². The predicted octanol–water partition coefficient (Wildman–Crippen LogP) is 6.48. The first-order chi connectivity index (χ1) is 14.5. The highest BCUT2D eigenvalue weighted by Gasteiger charge is 2.44. The highest BCUT2D eigenvalue weighted by molar-refractivity contribution is 6.31. The van der Waals surface area contributed by atoms with E-state index in [4.69, 9.17) is 23.2 Å². The zero-order valence-corrected chi connectivity index (χ0v) is 17.8. The van der Waals surface area contributed by atoms with Crippen LogP contribution in [0.1, 0.15) is 40.7 Å². The van der Waals surface area contributed by atoms with Gasteiger partial charge in [0.1, 0.15) is 5.78 Å². The fourth-order valence-electron chi connectivity index (χ4n) is 3.92. The molecule has 1 saturated carbocycles. The molecule has 3 aromatic carbocycles. The van der Waals surface area contributed by atoms with Crippen molar-refractivity contribution in [2.75, 3.05) is 5.32 Å². The van der Waals surface area contributed by atoms with E-state index >= 15 is 0 Å². The van der Waals surface area contributed by atoms with Crippen LogP contribution in [0.4, 0.5) is 5.69 Å². The van der Waals surface area contributed by atoms with Crippen molar-refractivity contribution in [3.8, 4) is 0 Å². The number of anilines is 1. The Labute approximate surface area is 186 Å². The topological polar surface area (TPSA) is 46.2 Å². The number of rotatable bonds is 6. The minimum Gasteiger partial charge on any atom is -0.322 e. The smallest absolute Gasteiger partial charge is 0.255 e. The van der Waals surface area contributed by atoms with Crippen LogP contribution in [-0.2, 0) is 16.6 Å². The maximum absolute atomic E-state index is 13.2. The summed E-state index contributed by atoms with van der Waals surface area (Å²) in [4.78, 5) is 25.6. The molecule has 1 aliphatic carbocycles. The van der Waals surface area contributed by atoms with Crippen LogP contribution < -0.4 is 5.32 Å². The van der Waals surface area contributed by atoms with Crippen molar-refractivity contribution in [3.63, 3.8) is 0 Å². The Hall–Kier alpha value is -2.62. The summed E-state index contributed by atoms with van der Waals surface area (Å²) in [5.74, 6) is 0.00853. The number of hydrogen-bond acceptors (Lipinski definition) is 2. The van der Waals surface area contributed by atoms with E-state index in [1.54, 1.807) is 24.3 Å². The van der Waals surface area contributed by atoms with Crippen LogP contribution in [0.15, 0.2) is 72.8 Å². The minimum atomic E-state index is -0.435. The number of carbonyl (C=O) groups excluding carboxylic acids is 2. The average molecular weight is 438 g/mol. The van der Waals surface area contributed by atoms with Gasteiger partial charge in [-0.2, -0.15) is 0 Å². The zero-order valence-electron chi connectivity index (χ0n) is 16.3. The number of nitrogens with one attached hydrogen (secondary N) is 1. The van der Waals surface area contributed by atoms with Gasteiger partial charge in [0.2, 0.25) is 0 Å². The number of Topliss-reactive ketones (excluding diaryl/α,β-unsaturated/α-hetero) is 1. The molecule has 0 unspecified atom stereocenters. The van der Waals surface area contributed by atoms with Crippen molar-refractivity contribution in [1.82, 2.24) is 0 Å². The van der Waals surface area contributed by atoms with Crippen LogP contribution >= 0.6 is 23.2 Å². The van der Waals surface area contributed by atoms with Gasteiger partial charge in [-0.25, -0.2) is 0 Å². The van der Waals surface area contributed by atoms with Gasteiger partial charge in [-0.1, -0.05) is 60.0 Å². The number of ketones is 1.